The van der Waals surface area contributed by atoms with Crippen molar-refractivity contribution >= 4 is 22.9 Å². The molecule has 2 heterocycles. The van der Waals surface area contributed by atoms with Crippen molar-refractivity contribution in [3.05, 3.63) is 28.5 Å². The van der Waals surface area contributed by atoms with Gasteiger partial charge in [0.05, 0.1) is 27.2 Å². The lowest BCUT2D eigenvalue weighted by atomic mass is 10.1. The fourth-order valence-corrected chi connectivity index (χ4v) is 2.45. The highest BCUT2D eigenvalue weighted by Gasteiger charge is 2.13. The van der Waals surface area contributed by atoms with Gasteiger partial charge in [-0.25, -0.2) is 4.98 Å². The number of imidazole rings is 1. The van der Waals surface area contributed by atoms with Crippen LogP contribution in [0.5, 0.6) is 0 Å². The summed E-state index contributed by atoms with van der Waals surface area (Å²) in [5.74, 6) is 0.564. The largest absolute Gasteiger partial charge is 0.340 e. The normalized spacial score (nSPS) is 12.3. The highest BCUT2D eigenvalue weighted by molar-refractivity contribution is 7.19. The minimum atomic E-state index is -0.163. The first-order chi connectivity index (χ1) is 7.74. The van der Waals surface area contributed by atoms with Crippen LogP contribution in [0.1, 0.15) is 25.1 Å². The molecule has 1 atom stereocenters. The van der Waals surface area contributed by atoms with Crippen molar-refractivity contribution in [1.29, 1.82) is 5.26 Å². The first kappa shape index (κ1) is 11.2. The summed E-state index contributed by atoms with van der Waals surface area (Å²) in [4.78, 5) is 8.43. The molecular weight excluding hydrogens is 242 g/mol. The zero-order chi connectivity index (χ0) is 11.5. The molecule has 0 aliphatic heterocycles. The van der Waals surface area contributed by atoms with Gasteiger partial charge in [0, 0.05) is 0 Å². The lowest BCUT2D eigenvalue weighted by molar-refractivity contribution is 0.766. The first-order valence-electron chi connectivity index (χ1n) is 4.94. The molecule has 0 aromatic carbocycles. The molecule has 82 valence electrons. The molecule has 0 saturated carbocycles. The fourth-order valence-electron chi connectivity index (χ4n) is 1.44. The molecule has 2 aromatic heterocycles. The van der Waals surface area contributed by atoms with E-state index in [1.807, 2.05) is 19.1 Å². The third-order valence-corrected chi connectivity index (χ3v) is 3.59. The average Bonchev–Trinajstić information content (AvgIpc) is 2.89. The van der Waals surface area contributed by atoms with E-state index in [4.69, 9.17) is 16.9 Å². The molecule has 3 nitrogen and oxygen atoms in total. The monoisotopic (exact) mass is 251 g/mol. The lowest BCUT2D eigenvalue weighted by Crippen LogP contribution is -1.95. The van der Waals surface area contributed by atoms with Crippen molar-refractivity contribution in [2.24, 2.45) is 0 Å². The Morgan fingerprint density at radius 3 is 3.00 bits per heavy atom. The lowest BCUT2D eigenvalue weighted by Gasteiger charge is -1.99. The van der Waals surface area contributed by atoms with Crippen LogP contribution in [0, 0.1) is 11.3 Å². The molecule has 0 radical (unpaired) electrons. The fraction of sp³-hybridized carbons (Fsp3) is 0.273. The molecule has 0 aliphatic rings. The zero-order valence-corrected chi connectivity index (χ0v) is 10.3. The summed E-state index contributed by atoms with van der Waals surface area (Å²) in [5, 5.41) is 8.93. The highest BCUT2D eigenvalue weighted by Crippen LogP contribution is 2.30. The summed E-state index contributed by atoms with van der Waals surface area (Å²) in [6, 6.07) is 6.01. The number of nitrogens with one attached hydrogen (secondary N) is 1. The summed E-state index contributed by atoms with van der Waals surface area (Å²) >= 11 is 7.36. The Hall–Kier alpha value is -1.31. The summed E-state index contributed by atoms with van der Waals surface area (Å²) in [5.41, 5.74) is 0.917. The second kappa shape index (κ2) is 4.69. The number of nitriles is 1. The molecule has 1 unspecified atom stereocenters. The second-order valence-corrected chi connectivity index (χ2v) is 5.09. The highest BCUT2D eigenvalue weighted by atomic mass is 35.5. The van der Waals surface area contributed by atoms with Gasteiger partial charge in [0.2, 0.25) is 0 Å². The van der Waals surface area contributed by atoms with Gasteiger partial charge in [-0.1, -0.05) is 18.5 Å². The molecule has 2 rings (SSSR count). The molecule has 0 spiro atoms. The van der Waals surface area contributed by atoms with Gasteiger partial charge in [-0.15, -0.1) is 11.3 Å². The van der Waals surface area contributed by atoms with Crippen LogP contribution in [0.25, 0.3) is 10.6 Å². The third kappa shape index (κ3) is 2.11. The van der Waals surface area contributed by atoms with Crippen LogP contribution in [0.2, 0.25) is 4.34 Å². The van der Waals surface area contributed by atoms with Crippen molar-refractivity contribution in [3.63, 3.8) is 0 Å². The van der Waals surface area contributed by atoms with Crippen LogP contribution >= 0.6 is 22.9 Å². The maximum absolute atomic E-state index is 8.93. The van der Waals surface area contributed by atoms with Crippen LogP contribution in [0.4, 0.5) is 0 Å². The van der Waals surface area contributed by atoms with Crippen LogP contribution in [0.15, 0.2) is 18.3 Å². The number of halogens is 1. The molecule has 0 aliphatic carbocycles. The third-order valence-electron chi connectivity index (χ3n) is 2.33. The Labute approximate surface area is 103 Å². The number of aromatic amines is 1. The van der Waals surface area contributed by atoms with Crippen molar-refractivity contribution in [2.45, 2.75) is 19.3 Å². The van der Waals surface area contributed by atoms with Gasteiger partial charge < -0.3 is 4.98 Å². The molecule has 0 bridgehead atoms. The topological polar surface area (TPSA) is 52.5 Å². The van der Waals surface area contributed by atoms with Crippen molar-refractivity contribution in [3.8, 4) is 16.6 Å². The minimum Gasteiger partial charge on any atom is -0.340 e. The van der Waals surface area contributed by atoms with E-state index >= 15 is 0 Å². The van der Waals surface area contributed by atoms with Gasteiger partial charge in [0.25, 0.3) is 0 Å². The van der Waals surface area contributed by atoms with Gasteiger partial charge in [0.1, 0.15) is 11.7 Å². The Balaban J connectivity index is 2.30. The van der Waals surface area contributed by atoms with Crippen LogP contribution in [-0.2, 0) is 0 Å². The molecule has 1 N–H and O–H groups in total. The van der Waals surface area contributed by atoms with E-state index < -0.39 is 0 Å². The van der Waals surface area contributed by atoms with E-state index in [1.165, 1.54) is 11.3 Å². The predicted octanol–water partition coefficient (Wildman–Crippen LogP) is 3.81. The SMILES string of the molecule is CCC(C#N)c1ncc(-c2ccc(Cl)s2)[nH]1. The van der Waals surface area contributed by atoms with E-state index in [2.05, 4.69) is 16.0 Å². The van der Waals surface area contributed by atoms with E-state index in [0.29, 0.717) is 0 Å². The molecule has 0 saturated heterocycles. The quantitative estimate of drug-likeness (QED) is 0.902. The Morgan fingerprint density at radius 1 is 1.62 bits per heavy atom. The number of aromatic nitrogens is 2. The number of thiophene rings is 1. The Kier molecular flexibility index (Phi) is 3.28. The first-order valence-corrected chi connectivity index (χ1v) is 6.14. The number of H-pyrrole nitrogens is 1. The van der Waals surface area contributed by atoms with E-state index in [0.717, 1.165) is 27.2 Å². The minimum absolute atomic E-state index is 0.163. The number of hydrogen-bond acceptors (Lipinski definition) is 3. The molecule has 5 heteroatoms. The summed E-state index contributed by atoms with van der Waals surface area (Å²) in [6.45, 7) is 1.97. The van der Waals surface area contributed by atoms with E-state index in [1.54, 1.807) is 6.20 Å². The van der Waals surface area contributed by atoms with Gasteiger partial charge >= 0.3 is 0 Å². The molecule has 0 amide bonds. The maximum atomic E-state index is 8.93. The predicted molar refractivity (Wildman–Crippen MR) is 65.6 cm³/mol. The number of nitrogens with zero attached hydrogens (tertiary/aromatic N) is 2. The Morgan fingerprint density at radius 2 is 2.44 bits per heavy atom. The number of hydrogen-bond donors (Lipinski definition) is 1. The summed E-state index contributed by atoms with van der Waals surface area (Å²) in [6.07, 6.45) is 2.51. The van der Waals surface area contributed by atoms with Crippen LogP contribution in [0.3, 0.4) is 0 Å². The molecular formula is C11H10ClN3S. The van der Waals surface area contributed by atoms with Gasteiger partial charge in [-0.2, -0.15) is 5.26 Å². The molecule has 2 aromatic rings. The zero-order valence-electron chi connectivity index (χ0n) is 8.70. The molecule has 0 fully saturated rings. The maximum Gasteiger partial charge on any atom is 0.123 e. The van der Waals surface area contributed by atoms with Gasteiger partial charge in [0.15, 0.2) is 0 Å². The van der Waals surface area contributed by atoms with Gasteiger partial charge in [-0.05, 0) is 18.6 Å². The van der Waals surface area contributed by atoms with Crippen molar-refractivity contribution in [1.82, 2.24) is 9.97 Å². The van der Waals surface area contributed by atoms with Gasteiger partial charge in [-0.3, -0.25) is 0 Å². The average molecular weight is 252 g/mol. The summed E-state index contributed by atoms with van der Waals surface area (Å²) in [7, 11) is 0. The number of rotatable bonds is 3. The van der Waals surface area contributed by atoms with Crippen molar-refractivity contribution < 1.29 is 0 Å². The van der Waals surface area contributed by atoms with Crippen LogP contribution in [-0.4, -0.2) is 9.97 Å². The standard InChI is InChI=1S/C11H10ClN3S/c1-2-7(5-13)11-14-6-8(15-11)9-3-4-10(12)16-9/h3-4,6-7H,2H2,1H3,(H,14,15). The Bertz CT molecular complexity index is 523. The van der Waals surface area contributed by atoms with Crippen molar-refractivity contribution in [2.75, 3.05) is 0 Å². The van der Waals surface area contributed by atoms with Crippen LogP contribution < -0.4 is 0 Å². The summed E-state index contributed by atoms with van der Waals surface area (Å²) < 4.78 is 0.749. The van der Waals surface area contributed by atoms with E-state index in [9.17, 15) is 0 Å². The smallest absolute Gasteiger partial charge is 0.123 e. The second-order valence-electron chi connectivity index (χ2n) is 3.38. The van der Waals surface area contributed by atoms with E-state index in [-0.39, 0.29) is 5.92 Å². The molecule has 16 heavy (non-hydrogen) atoms.